The quantitative estimate of drug-likeness (QED) is 0.739. The molecule has 2 aromatic rings. The number of nitrogens with zero attached hydrogens (tertiary/aromatic N) is 1. The van der Waals surface area contributed by atoms with Crippen LogP contribution in [-0.2, 0) is 9.59 Å². The molecule has 0 saturated heterocycles. The Hall–Kier alpha value is -2.76. The van der Waals surface area contributed by atoms with Crippen molar-refractivity contribution in [2.45, 2.75) is 46.5 Å². The molecule has 1 N–H and O–H groups in total. The number of carbonyl (C=O) groups is 2. The van der Waals surface area contributed by atoms with Crippen LogP contribution in [0.5, 0.6) is 0 Å². The van der Waals surface area contributed by atoms with Gasteiger partial charge in [-0.3, -0.25) is 9.59 Å². The lowest BCUT2D eigenvalue weighted by molar-refractivity contribution is -0.120. The second-order valence-electron chi connectivity index (χ2n) is 7.37. The van der Waals surface area contributed by atoms with E-state index in [0.717, 1.165) is 28.9 Å². The molecule has 0 bridgehead atoms. The number of anilines is 2. The highest BCUT2D eigenvalue weighted by Gasteiger charge is 2.24. The van der Waals surface area contributed by atoms with Gasteiger partial charge in [0, 0.05) is 13.0 Å². The summed E-state index contributed by atoms with van der Waals surface area (Å²) < 4.78 is 26.9. The molecule has 2 amide bonds. The standard InChI is InChI=1S/C22H26F2N2O2/c1-13(2)17-7-6-8-18(14(3)4)22(17)26(15(5)27)12-21(28)25-20-10-9-16(23)11-19(20)24/h6-11,13-14H,12H2,1-5H3,(H,25,28). The zero-order valence-corrected chi connectivity index (χ0v) is 16.8. The van der Waals surface area contributed by atoms with Gasteiger partial charge in [0.05, 0.1) is 11.4 Å². The highest BCUT2D eigenvalue weighted by molar-refractivity contribution is 6.02. The van der Waals surface area contributed by atoms with E-state index in [1.807, 2.05) is 45.9 Å². The van der Waals surface area contributed by atoms with Crippen LogP contribution in [0.3, 0.4) is 0 Å². The van der Waals surface area contributed by atoms with Gasteiger partial charge in [-0.05, 0) is 35.1 Å². The second-order valence-corrected chi connectivity index (χ2v) is 7.37. The Morgan fingerprint density at radius 1 is 1.00 bits per heavy atom. The number of carbonyl (C=O) groups excluding carboxylic acids is 2. The van der Waals surface area contributed by atoms with Crippen molar-refractivity contribution in [1.82, 2.24) is 0 Å². The summed E-state index contributed by atoms with van der Waals surface area (Å²) in [6.07, 6.45) is 0. The summed E-state index contributed by atoms with van der Waals surface area (Å²) in [5.41, 5.74) is 2.51. The minimum absolute atomic E-state index is 0.129. The molecule has 4 nitrogen and oxygen atoms in total. The molecule has 0 spiro atoms. The predicted octanol–water partition coefficient (Wildman–Crippen LogP) is 5.20. The molecular formula is C22H26F2N2O2. The average Bonchev–Trinajstić information content (AvgIpc) is 2.61. The SMILES string of the molecule is CC(=O)N(CC(=O)Nc1ccc(F)cc1F)c1c(C(C)C)cccc1C(C)C. The van der Waals surface area contributed by atoms with Crippen molar-refractivity contribution >= 4 is 23.2 Å². The number of benzene rings is 2. The van der Waals surface area contributed by atoms with E-state index in [4.69, 9.17) is 0 Å². The van der Waals surface area contributed by atoms with E-state index in [-0.39, 0.29) is 30.0 Å². The Balaban J connectivity index is 2.38. The molecule has 0 fully saturated rings. The van der Waals surface area contributed by atoms with Crippen molar-refractivity contribution in [3.05, 3.63) is 59.2 Å². The lowest BCUT2D eigenvalue weighted by atomic mass is 9.91. The lowest BCUT2D eigenvalue weighted by Crippen LogP contribution is -2.38. The van der Waals surface area contributed by atoms with Gasteiger partial charge in [-0.15, -0.1) is 0 Å². The van der Waals surface area contributed by atoms with Gasteiger partial charge < -0.3 is 10.2 Å². The maximum Gasteiger partial charge on any atom is 0.244 e. The zero-order chi connectivity index (χ0) is 21.0. The first-order chi connectivity index (χ1) is 13.1. The lowest BCUT2D eigenvalue weighted by Gasteiger charge is -2.29. The van der Waals surface area contributed by atoms with Crippen LogP contribution in [0.2, 0.25) is 0 Å². The normalized spacial score (nSPS) is 11.0. The maximum absolute atomic E-state index is 13.8. The molecule has 28 heavy (non-hydrogen) atoms. The molecule has 0 unspecified atom stereocenters. The summed E-state index contributed by atoms with van der Waals surface area (Å²) in [5.74, 6) is -2.15. The Morgan fingerprint density at radius 2 is 1.57 bits per heavy atom. The van der Waals surface area contributed by atoms with Gasteiger partial charge in [0.1, 0.15) is 18.2 Å². The molecule has 0 radical (unpaired) electrons. The van der Waals surface area contributed by atoms with Crippen molar-refractivity contribution in [3.8, 4) is 0 Å². The summed E-state index contributed by atoms with van der Waals surface area (Å²) in [6, 6.07) is 8.75. The smallest absolute Gasteiger partial charge is 0.244 e. The third-order valence-electron chi connectivity index (χ3n) is 4.50. The number of hydrogen-bond acceptors (Lipinski definition) is 2. The van der Waals surface area contributed by atoms with E-state index in [9.17, 15) is 18.4 Å². The molecule has 150 valence electrons. The fourth-order valence-corrected chi connectivity index (χ4v) is 3.10. The summed E-state index contributed by atoms with van der Waals surface area (Å²) >= 11 is 0. The van der Waals surface area contributed by atoms with Crippen molar-refractivity contribution in [3.63, 3.8) is 0 Å². The number of hydrogen-bond donors (Lipinski definition) is 1. The third kappa shape index (κ3) is 4.94. The van der Waals surface area contributed by atoms with Gasteiger partial charge in [-0.2, -0.15) is 0 Å². The number of rotatable bonds is 6. The van der Waals surface area contributed by atoms with Crippen LogP contribution < -0.4 is 10.2 Å². The minimum Gasteiger partial charge on any atom is -0.322 e. The summed E-state index contributed by atoms with van der Waals surface area (Å²) in [7, 11) is 0. The molecule has 0 atom stereocenters. The monoisotopic (exact) mass is 388 g/mol. The summed E-state index contributed by atoms with van der Waals surface area (Å²) in [6.45, 7) is 9.22. The van der Waals surface area contributed by atoms with Crippen LogP contribution in [0.15, 0.2) is 36.4 Å². The van der Waals surface area contributed by atoms with E-state index < -0.39 is 17.5 Å². The molecule has 0 aliphatic carbocycles. The highest BCUT2D eigenvalue weighted by atomic mass is 19.1. The molecule has 0 saturated carbocycles. The van der Waals surface area contributed by atoms with Crippen molar-refractivity contribution < 1.29 is 18.4 Å². The molecule has 0 heterocycles. The molecule has 2 rings (SSSR count). The van der Waals surface area contributed by atoms with Gasteiger partial charge in [0.2, 0.25) is 11.8 Å². The predicted molar refractivity (Wildman–Crippen MR) is 108 cm³/mol. The van der Waals surface area contributed by atoms with Crippen molar-refractivity contribution in [2.75, 3.05) is 16.8 Å². The van der Waals surface area contributed by atoms with Crippen LogP contribution in [0.4, 0.5) is 20.2 Å². The fraction of sp³-hybridized carbons (Fsp3) is 0.364. The largest absolute Gasteiger partial charge is 0.322 e. The highest BCUT2D eigenvalue weighted by Crippen LogP contribution is 2.35. The summed E-state index contributed by atoms with van der Waals surface area (Å²) in [5, 5.41) is 2.42. The van der Waals surface area contributed by atoms with E-state index in [1.165, 1.54) is 11.8 Å². The van der Waals surface area contributed by atoms with E-state index >= 15 is 0 Å². The van der Waals surface area contributed by atoms with E-state index in [1.54, 1.807) is 0 Å². The number of halogens is 2. The Labute approximate surface area is 164 Å². The topological polar surface area (TPSA) is 49.4 Å². The van der Waals surface area contributed by atoms with E-state index in [0.29, 0.717) is 6.07 Å². The van der Waals surface area contributed by atoms with Gasteiger partial charge in [0.15, 0.2) is 0 Å². The van der Waals surface area contributed by atoms with Crippen molar-refractivity contribution in [1.29, 1.82) is 0 Å². The molecule has 6 heteroatoms. The fourth-order valence-electron chi connectivity index (χ4n) is 3.10. The maximum atomic E-state index is 13.8. The van der Waals surface area contributed by atoms with Gasteiger partial charge in [0.25, 0.3) is 0 Å². The van der Waals surface area contributed by atoms with Crippen LogP contribution >= 0.6 is 0 Å². The first kappa shape index (κ1) is 21.5. The van der Waals surface area contributed by atoms with Crippen LogP contribution in [0.25, 0.3) is 0 Å². The Bertz CT molecular complexity index is 853. The minimum atomic E-state index is -0.867. The van der Waals surface area contributed by atoms with Crippen LogP contribution in [-0.4, -0.2) is 18.4 Å². The van der Waals surface area contributed by atoms with Gasteiger partial charge >= 0.3 is 0 Å². The molecule has 0 aromatic heterocycles. The molecule has 0 aliphatic heterocycles. The molecular weight excluding hydrogens is 362 g/mol. The molecule has 0 aliphatic rings. The first-order valence-electron chi connectivity index (χ1n) is 9.27. The average molecular weight is 388 g/mol. The third-order valence-corrected chi connectivity index (χ3v) is 4.50. The first-order valence-corrected chi connectivity index (χ1v) is 9.27. The van der Waals surface area contributed by atoms with Gasteiger partial charge in [-0.1, -0.05) is 45.9 Å². The summed E-state index contributed by atoms with van der Waals surface area (Å²) in [4.78, 5) is 26.4. The van der Waals surface area contributed by atoms with Crippen LogP contribution in [0, 0.1) is 11.6 Å². The van der Waals surface area contributed by atoms with Crippen LogP contribution in [0.1, 0.15) is 57.6 Å². The molecule has 2 aromatic carbocycles. The Kier molecular flexibility index (Phi) is 6.89. The zero-order valence-electron chi connectivity index (χ0n) is 16.8. The second kappa shape index (κ2) is 8.95. The number of nitrogens with one attached hydrogen (secondary N) is 1. The van der Waals surface area contributed by atoms with E-state index in [2.05, 4.69) is 5.32 Å². The van der Waals surface area contributed by atoms with Crippen molar-refractivity contribution in [2.24, 2.45) is 0 Å². The van der Waals surface area contributed by atoms with Gasteiger partial charge in [-0.25, -0.2) is 8.78 Å². The number of para-hydroxylation sites is 1. The Morgan fingerprint density at radius 3 is 2.04 bits per heavy atom. The number of amides is 2.